The number of rotatable bonds is 5. The molecule has 1 amide bonds. The summed E-state index contributed by atoms with van der Waals surface area (Å²) < 4.78 is 5.31. The van der Waals surface area contributed by atoms with Crippen LogP contribution in [0.1, 0.15) is 41.0 Å². The predicted octanol–water partition coefficient (Wildman–Crippen LogP) is 2.58. The number of likely N-dealkylation sites (N-methyl/N-ethyl adjacent to an activating group) is 2. The van der Waals surface area contributed by atoms with Crippen molar-refractivity contribution in [3.63, 3.8) is 0 Å². The van der Waals surface area contributed by atoms with E-state index in [1.165, 1.54) is 0 Å². The number of hydrogen-bond donors (Lipinski definition) is 0. The van der Waals surface area contributed by atoms with Gasteiger partial charge in [0.05, 0.1) is 0 Å². The average Bonchev–Trinajstić information content (AvgIpc) is 2.15. The van der Waals surface area contributed by atoms with Crippen LogP contribution in [0, 0.1) is 0 Å². The number of carbonyl (C=O) groups is 1. The van der Waals surface area contributed by atoms with Gasteiger partial charge in [0.2, 0.25) is 0 Å². The van der Waals surface area contributed by atoms with E-state index >= 15 is 0 Å². The summed E-state index contributed by atoms with van der Waals surface area (Å²) in [5.41, 5.74) is -0.427. The smallest absolute Gasteiger partial charge is 0.410 e. The van der Waals surface area contributed by atoms with Crippen molar-refractivity contribution in [3.8, 4) is 0 Å². The van der Waals surface area contributed by atoms with E-state index in [9.17, 15) is 4.79 Å². The van der Waals surface area contributed by atoms with Crippen LogP contribution in [0.25, 0.3) is 0 Å². The van der Waals surface area contributed by atoms with E-state index in [1.54, 1.807) is 11.9 Å². The van der Waals surface area contributed by atoms with Crippen LogP contribution in [0.2, 0.25) is 0 Å². The summed E-state index contributed by atoms with van der Waals surface area (Å²) in [6.07, 6.45) is 0.867. The predicted molar refractivity (Wildman–Crippen MR) is 71.2 cm³/mol. The van der Waals surface area contributed by atoms with Crippen molar-refractivity contribution >= 4 is 6.09 Å². The van der Waals surface area contributed by atoms with E-state index in [-0.39, 0.29) is 6.09 Å². The summed E-state index contributed by atoms with van der Waals surface area (Å²) in [6, 6.07) is 0.340. The zero-order chi connectivity index (χ0) is 13.6. The minimum atomic E-state index is -0.427. The minimum absolute atomic E-state index is 0.255. The van der Waals surface area contributed by atoms with Crippen molar-refractivity contribution in [2.45, 2.75) is 52.7 Å². The van der Waals surface area contributed by atoms with Crippen molar-refractivity contribution < 1.29 is 9.53 Å². The van der Waals surface area contributed by atoms with Gasteiger partial charge >= 0.3 is 6.09 Å². The van der Waals surface area contributed by atoms with Gasteiger partial charge in [-0.3, -0.25) is 0 Å². The van der Waals surface area contributed by atoms with Gasteiger partial charge in [0.15, 0.2) is 0 Å². The quantitative estimate of drug-likeness (QED) is 0.745. The fraction of sp³-hybridized carbons (Fsp3) is 0.923. The standard InChI is InChI=1S/C13H28N2O2/c1-8-9-14(6)11(2)10-15(7)12(16)17-13(3,4)5/h11H,8-10H2,1-7H3/t11-/m1/s1. The van der Waals surface area contributed by atoms with E-state index < -0.39 is 5.60 Å². The molecule has 0 aliphatic rings. The molecule has 0 saturated carbocycles. The summed E-state index contributed by atoms with van der Waals surface area (Å²) in [7, 11) is 3.86. The van der Waals surface area contributed by atoms with Gasteiger partial charge < -0.3 is 14.5 Å². The SMILES string of the molecule is CCCN(C)[C@H](C)CN(C)C(=O)OC(C)(C)C. The van der Waals surface area contributed by atoms with Crippen LogP contribution in [0.5, 0.6) is 0 Å². The van der Waals surface area contributed by atoms with E-state index in [0.29, 0.717) is 12.6 Å². The van der Waals surface area contributed by atoms with Gasteiger partial charge in [-0.2, -0.15) is 0 Å². The Bertz CT molecular complexity index is 236. The molecule has 0 saturated heterocycles. The second kappa shape index (κ2) is 6.84. The first-order valence-corrected chi connectivity index (χ1v) is 6.31. The first kappa shape index (κ1) is 16.2. The van der Waals surface area contributed by atoms with Gasteiger partial charge in [-0.1, -0.05) is 6.92 Å². The molecule has 102 valence electrons. The fourth-order valence-corrected chi connectivity index (χ4v) is 1.52. The normalized spacial score (nSPS) is 13.6. The van der Waals surface area contributed by atoms with Crippen molar-refractivity contribution in [2.75, 3.05) is 27.2 Å². The highest BCUT2D eigenvalue weighted by Gasteiger charge is 2.21. The molecule has 0 aromatic heterocycles. The van der Waals surface area contributed by atoms with Gasteiger partial charge in [0.1, 0.15) is 5.60 Å². The summed E-state index contributed by atoms with van der Waals surface area (Å²) >= 11 is 0. The molecule has 4 heteroatoms. The molecule has 17 heavy (non-hydrogen) atoms. The maximum Gasteiger partial charge on any atom is 0.410 e. The molecule has 0 N–H and O–H groups in total. The molecule has 0 aromatic rings. The minimum Gasteiger partial charge on any atom is -0.444 e. The lowest BCUT2D eigenvalue weighted by Gasteiger charge is -2.30. The number of ether oxygens (including phenoxy) is 1. The molecule has 0 spiro atoms. The number of amides is 1. The third kappa shape index (κ3) is 7.21. The Hall–Kier alpha value is -0.770. The Morgan fingerprint density at radius 2 is 1.82 bits per heavy atom. The summed E-state index contributed by atoms with van der Waals surface area (Å²) in [5, 5.41) is 0. The van der Waals surface area contributed by atoms with Crippen LogP contribution in [0.4, 0.5) is 4.79 Å². The molecule has 4 nitrogen and oxygen atoms in total. The van der Waals surface area contributed by atoms with Gasteiger partial charge in [-0.25, -0.2) is 4.79 Å². The van der Waals surface area contributed by atoms with Gasteiger partial charge in [0, 0.05) is 19.6 Å². The highest BCUT2D eigenvalue weighted by atomic mass is 16.6. The van der Waals surface area contributed by atoms with E-state index in [0.717, 1.165) is 13.0 Å². The zero-order valence-electron chi connectivity index (χ0n) is 12.4. The Morgan fingerprint density at radius 3 is 2.24 bits per heavy atom. The first-order valence-electron chi connectivity index (χ1n) is 6.31. The fourth-order valence-electron chi connectivity index (χ4n) is 1.52. The van der Waals surface area contributed by atoms with Crippen molar-refractivity contribution in [2.24, 2.45) is 0 Å². The van der Waals surface area contributed by atoms with E-state index in [2.05, 4.69) is 25.8 Å². The van der Waals surface area contributed by atoms with Crippen LogP contribution in [0.3, 0.4) is 0 Å². The molecule has 0 aromatic carbocycles. The topological polar surface area (TPSA) is 32.8 Å². The average molecular weight is 244 g/mol. The van der Waals surface area contributed by atoms with Gasteiger partial charge in [0.25, 0.3) is 0 Å². The molecule has 0 aliphatic heterocycles. The summed E-state index contributed by atoms with van der Waals surface area (Å²) in [4.78, 5) is 15.7. The van der Waals surface area contributed by atoms with Crippen LogP contribution < -0.4 is 0 Å². The molecule has 1 atom stereocenters. The largest absolute Gasteiger partial charge is 0.444 e. The lowest BCUT2D eigenvalue weighted by Crippen LogP contribution is -2.43. The molecule has 0 bridgehead atoms. The second-order valence-electron chi connectivity index (χ2n) is 5.69. The Morgan fingerprint density at radius 1 is 1.29 bits per heavy atom. The van der Waals surface area contributed by atoms with E-state index in [1.807, 2.05) is 20.8 Å². The molecule has 0 aliphatic carbocycles. The van der Waals surface area contributed by atoms with Crippen molar-refractivity contribution in [3.05, 3.63) is 0 Å². The Labute approximate surface area is 106 Å². The monoisotopic (exact) mass is 244 g/mol. The van der Waals surface area contributed by atoms with Gasteiger partial charge in [-0.05, 0) is 47.7 Å². The Balaban J connectivity index is 4.16. The number of carbonyl (C=O) groups excluding carboxylic acids is 1. The highest BCUT2D eigenvalue weighted by molar-refractivity contribution is 5.67. The van der Waals surface area contributed by atoms with Crippen LogP contribution in [-0.2, 0) is 4.74 Å². The summed E-state index contributed by atoms with van der Waals surface area (Å²) in [6.45, 7) is 11.6. The maximum atomic E-state index is 11.8. The third-order valence-electron chi connectivity index (χ3n) is 2.57. The highest BCUT2D eigenvalue weighted by Crippen LogP contribution is 2.10. The zero-order valence-corrected chi connectivity index (χ0v) is 12.4. The van der Waals surface area contributed by atoms with Crippen LogP contribution in [0.15, 0.2) is 0 Å². The van der Waals surface area contributed by atoms with Crippen molar-refractivity contribution in [1.29, 1.82) is 0 Å². The van der Waals surface area contributed by atoms with Crippen LogP contribution >= 0.6 is 0 Å². The van der Waals surface area contributed by atoms with E-state index in [4.69, 9.17) is 4.74 Å². The summed E-state index contributed by atoms with van der Waals surface area (Å²) in [5.74, 6) is 0. The number of nitrogens with zero attached hydrogens (tertiary/aromatic N) is 2. The molecule has 0 rings (SSSR count). The lowest BCUT2D eigenvalue weighted by molar-refractivity contribution is 0.0259. The molecular formula is C13H28N2O2. The molecule has 0 unspecified atom stereocenters. The molecule has 0 heterocycles. The molecule has 0 radical (unpaired) electrons. The lowest BCUT2D eigenvalue weighted by atomic mass is 10.2. The van der Waals surface area contributed by atoms with Crippen molar-refractivity contribution in [1.82, 2.24) is 9.80 Å². The number of hydrogen-bond acceptors (Lipinski definition) is 3. The van der Waals surface area contributed by atoms with Crippen LogP contribution in [-0.4, -0.2) is 54.7 Å². The van der Waals surface area contributed by atoms with Gasteiger partial charge in [-0.15, -0.1) is 0 Å². The first-order chi connectivity index (χ1) is 7.67. The second-order valence-corrected chi connectivity index (χ2v) is 5.69. The molecule has 0 fully saturated rings. The maximum absolute atomic E-state index is 11.8. The molecular weight excluding hydrogens is 216 g/mol. The third-order valence-corrected chi connectivity index (χ3v) is 2.57. The Kier molecular flexibility index (Phi) is 6.53.